The number of aromatic nitrogens is 3. The van der Waals surface area contributed by atoms with E-state index in [0.29, 0.717) is 36.4 Å². The number of halogens is 4. The molecule has 0 spiro atoms. The zero-order chi connectivity index (χ0) is 26.2. The molecule has 1 amide bonds. The van der Waals surface area contributed by atoms with Crippen LogP contribution in [0.25, 0.3) is 22.4 Å². The second-order valence-corrected chi connectivity index (χ2v) is 9.12. The Balaban J connectivity index is 1.97. The predicted molar refractivity (Wildman–Crippen MR) is 121 cm³/mol. The van der Waals surface area contributed by atoms with Gasteiger partial charge in [-0.15, -0.1) is 0 Å². The van der Waals surface area contributed by atoms with Crippen molar-refractivity contribution in [2.24, 2.45) is 0 Å². The number of carboxylic acid groups (broad SMARTS) is 1. The molecule has 13 heteroatoms. The molecular formula is C23H16F4N4O4S. The molecule has 4 aromatic rings. The fraction of sp³-hybridized carbons (Fsp3) is 0.0870. The van der Waals surface area contributed by atoms with Gasteiger partial charge in [0.25, 0.3) is 10.0 Å². The van der Waals surface area contributed by atoms with Gasteiger partial charge in [0, 0.05) is 30.7 Å². The Morgan fingerprint density at radius 2 is 1.69 bits per heavy atom. The van der Waals surface area contributed by atoms with E-state index in [2.05, 4.69) is 10.1 Å². The first-order valence-corrected chi connectivity index (χ1v) is 11.7. The maximum atomic E-state index is 15.8. The second-order valence-electron chi connectivity index (χ2n) is 7.37. The summed E-state index contributed by atoms with van der Waals surface area (Å²) in [5, 5.41) is 13.8. The van der Waals surface area contributed by atoms with Crippen LogP contribution in [0.3, 0.4) is 0 Å². The van der Waals surface area contributed by atoms with Gasteiger partial charge >= 0.3 is 6.09 Å². The monoisotopic (exact) mass is 520 g/mol. The molecular weight excluding hydrogens is 504 g/mol. The number of benzene rings is 2. The first kappa shape index (κ1) is 24.9. The maximum absolute atomic E-state index is 15.8. The lowest BCUT2D eigenvalue weighted by molar-refractivity contribution is 0.206. The molecule has 0 aliphatic heterocycles. The van der Waals surface area contributed by atoms with Gasteiger partial charge in [0.05, 0.1) is 5.56 Å². The number of sulfonamides is 1. The van der Waals surface area contributed by atoms with Gasteiger partial charge in [-0.1, -0.05) is 0 Å². The van der Waals surface area contributed by atoms with E-state index in [4.69, 9.17) is 0 Å². The fourth-order valence-electron chi connectivity index (χ4n) is 3.53. The molecule has 4 rings (SSSR count). The van der Waals surface area contributed by atoms with Crippen molar-refractivity contribution in [1.29, 1.82) is 0 Å². The lowest BCUT2D eigenvalue weighted by atomic mass is 10.0. The molecule has 0 aliphatic carbocycles. The summed E-state index contributed by atoms with van der Waals surface area (Å²) >= 11 is 0. The molecule has 0 bridgehead atoms. The molecule has 0 atom stereocenters. The molecule has 0 aliphatic rings. The van der Waals surface area contributed by atoms with Crippen molar-refractivity contribution in [3.8, 4) is 22.4 Å². The molecule has 8 nitrogen and oxygen atoms in total. The van der Waals surface area contributed by atoms with E-state index in [1.807, 2.05) is 0 Å². The van der Waals surface area contributed by atoms with Gasteiger partial charge in [0.15, 0.2) is 5.82 Å². The number of pyridine rings is 1. The van der Waals surface area contributed by atoms with Crippen LogP contribution in [-0.2, 0) is 16.6 Å². The molecule has 2 aromatic carbocycles. The van der Waals surface area contributed by atoms with Gasteiger partial charge < -0.3 is 5.11 Å². The summed E-state index contributed by atoms with van der Waals surface area (Å²) in [6, 6.07) is 5.70. The van der Waals surface area contributed by atoms with Crippen LogP contribution in [0.5, 0.6) is 0 Å². The van der Waals surface area contributed by atoms with Crippen molar-refractivity contribution >= 4 is 21.8 Å². The zero-order valence-corrected chi connectivity index (χ0v) is 19.2. The number of anilines is 1. The number of rotatable bonds is 6. The Morgan fingerprint density at radius 1 is 1.03 bits per heavy atom. The summed E-state index contributed by atoms with van der Waals surface area (Å²) in [4.78, 5) is 14.5. The molecule has 2 heterocycles. The zero-order valence-electron chi connectivity index (χ0n) is 18.4. The number of nitrogens with zero attached hydrogens (tertiary/aromatic N) is 4. The van der Waals surface area contributed by atoms with Gasteiger partial charge in [0.1, 0.15) is 33.7 Å². The van der Waals surface area contributed by atoms with Crippen molar-refractivity contribution in [2.75, 3.05) is 4.31 Å². The van der Waals surface area contributed by atoms with Crippen LogP contribution in [0.15, 0.2) is 66.0 Å². The van der Waals surface area contributed by atoms with E-state index in [-0.39, 0.29) is 17.3 Å². The predicted octanol–water partition coefficient (Wildman–Crippen LogP) is 5.06. The van der Waals surface area contributed by atoms with E-state index in [0.717, 1.165) is 0 Å². The van der Waals surface area contributed by atoms with Gasteiger partial charge in [-0.05, 0) is 55.0 Å². The van der Waals surface area contributed by atoms with E-state index < -0.39 is 59.8 Å². The Bertz CT molecular complexity index is 1580. The Labute approximate surface area is 202 Å². The maximum Gasteiger partial charge on any atom is 0.426 e. The standard InChI is InChI=1S/C23H16F4N4O4S/c1-2-30-12-15(13-7-9-28-10-8-13)22(29-30)20-17(26)5-6-18(21(20)27)31(23(32)33)36(34,35)19-11-14(24)3-4-16(19)25/h3-12H,2H2,1H3,(H,32,33). The van der Waals surface area contributed by atoms with E-state index >= 15 is 4.39 Å². The molecule has 0 radical (unpaired) electrons. The third kappa shape index (κ3) is 4.28. The third-order valence-electron chi connectivity index (χ3n) is 5.19. The average Bonchev–Trinajstić information content (AvgIpc) is 3.26. The van der Waals surface area contributed by atoms with Gasteiger partial charge in [-0.2, -0.15) is 9.40 Å². The van der Waals surface area contributed by atoms with Crippen molar-refractivity contribution in [3.63, 3.8) is 0 Å². The normalized spacial score (nSPS) is 11.5. The van der Waals surface area contributed by atoms with Crippen LogP contribution in [0.4, 0.5) is 28.0 Å². The minimum atomic E-state index is -5.38. The Kier molecular flexibility index (Phi) is 6.50. The van der Waals surface area contributed by atoms with Crippen LogP contribution in [0, 0.1) is 23.3 Å². The first-order chi connectivity index (χ1) is 17.1. The molecule has 1 N–H and O–H groups in total. The molecule has 186 valence electrons. The minimum absolute atomic E-state index is 0.237. The molecule has 36 heavy (non-hydrogen) atoms. The summed E-state index contributed by atoms with van der Waals surface area (Å²) in [5.41, 5.74) is -1.44. The minimum Gasteiger partial charge on any atom is -0.464 e. The number of hydrogen-bond donors (Lipinski definition) is 1. The van der Waals surface area contributed by atoms with Crippen LogP contribution >= 0.6 is 0 Å². The van der Waals surface area contributed by atoms with Crippen LogP contribution < -0.4 is 4.31 Å². The summed E-state index contributed by atoms with van der Waals surface area (Å²) in [6.07, 6.45) is 2.16. The van der Waals surface area contributed by atoms with Gasteiger partial charge in [0.2, 0.25) is 0 Å². The number of carbonyl (C=O) groups is 1. The van der Waals surface area contributed by atoms with E-state index in [1.54, 1.807) is 19.1 Å². The highest BCUT2D eigenvalue weighted by Crippen LogP contribution is 2.39. The fourth-order valence-corrected chi connectivity index (χ4v) is 4.91. The van der Waals surface area contributed by atoms with Crippen molar-refractivity contribution < 1.29 is 35.9 Å². The largest absolute Gasteiger partial charge is 0.464 e. The smallest absolute Gasteiger partial charge is 0.426 e. The van der Waals surface area contributed by atoms with Crippen molar-refractivity contribution in [2.45, 2.75) is 18.4 Å². The third-order valence-corrected chi connectivity index (χ3v) is 6.89. The van der Waals surface area contributed by atoms with Crippen LogP contribution in [0.2, 0.25) is 0 Å². The lowest BCUT2D eigenvalue weighted by Crippen LogP contribution is -2.37. The quantitative estimate of drug-likeness (QED) is 0.356. The summed E-state index contributed by atoms with van der Waals surface area (Å²) < 4.78 is 85.7. The number of aryl methyl sites for hydroxylation is 1. The van der Waals surface area contributed by atoms with Gasteiger partial charge in [-0.3, -0.25) is 9.67 Å². The van der Waals surface area contributed by atoms with Crippen LogP contribution in [-0.4, -0.2) is 34.4 Å². The SMILES string of the molecule is CCn1cc(-c2ccncc2)c(-c2c(F)ccc(N(C(=O)O)S(=O)(=O)c3cc(F)ccc3F)c2F)n1. The summed E-state index contributed by atoms with van der Waals surface area (Å²) in [5.74, 6) is -5.39. The number of hydrogen-bond acceptors (Lipinski definition) is 5. The van der Waals surface area contributed by atoms with Gasteiger partial charge in [-0.25, -0.2) is 30.8 Å². The second kappa shape index (κ2) is 9.41. The van der Waals surface area contributed by atoms with Crippen molar-refractivity contribution in [1.82, 2.24) is 14.8 Å². The Morgan fingerprint density at radius 3 is 2.33 bits per heavy atom. The molecule has 2 aromatic heterocycles. The highest BCUT2D eigenvalue weighted by atomic mass is 32.2. The summed E-state index contributed by atoms with van der Waals surface area (Å²) in [7, 11) is -5.38. The Hall–Kier alpha value is -4.26. The lowest BCUT2D eigenvalue weighted by Gasteiger charge is -2.21. The topological polar surface area (TPSA) is 105 Å². The first-order valence-electron chi connectivity index (χ1n) is 10.3. The summed E-state index contributed by atoms with van der Waals surface area (Å²) in [6.45, 7) is 2.04. The van der Waals surface area contributed by atoms with Crippen molar-refractivity contribution in [3.05, 3.63) is 84.3 Å². The molecule has 0 saturated carbocycles. The molecule has 0 unspecified atom stereocenters. The number of amides is 1. The molecule has 0 saturated heterocycles. The highest BCUT2D eigenvalue weighted by Gasteiger charge is 2.37. The molecule has 0 fully saturated rings. The van der Waals surface area contributed by atoms with Crippen LogP contribution in [0.1, 0.15) is 6.92 Å². The van der Waals surface area contributed by atoms with E-state index in [9.17, 15) is 31.5 Å². The van der Waals surface area contributed by atoms with E-state index in [1.165, 1.54) is 23.3 Å². The average molecular weight is 520 g/mol. The highest BCUT2D eigenvalue weighted by molar-refractivity contribution is 7.93.